The van der Waals surface area contributed by atoms with Crippen LogP contribution >= 0.6 is 0 Å². The van der Waals surface area contributed by atoms with Gasteiger partial charge in [0.05, 0.1) is 5.97 Å². The third-order valence-corrected chi connectivity index (χ3v) is 4.26. The van der Waals surface area contributed by atoms with Crippen LogP contribution < -0.4 is 15.2 Å². The number of rotatable bonds is 7. The van der Waals surface area contributed by atoms with E-state index in [0.29, 0.717) is 22.9 Å². The second-order valence-electron chi connectivity index (χ2n) is 5.98. The summed E-state index contributed by atoms with van der Waals surface area (Å²) in [7, 11) is 0. The average molecular weight is 340 g/mol. The lowest BCUT2D eigenvalue weighted by atomic mass is 9.99. The number of benzene rings is 2. The molecule has 2 rings (SSSR count). The van der Waals surface area contributed by atoms with E-state index in [1.807, 2.05) is 24.3 Å². The maximum absolute atomic E-state index is 12.0. The van der Waals surface area contributed by atoms with Gasteiger partial charge in [-0.05, 0) is 48.6 Å². The largest absolute Gasteiger partial charge is 0.545 e. The number of hydrogen-bond acceptors (Lipinski definition) is 4. The fourth-order valence-corrected chi connectivity index (χ4v) is 2.46. The number of carboxylic acids is 1. The molecule has 0 spiro atoms. The van der Waals surface area contributed by atoms with Gasteiger partial charge in [0.15, 0.2) is 6.61 Å². The quantitative estimate of drug-likeness (QED) is 0.840. The summed E-state index contributed by atoms with van der Waals surface area (Å²) >= 11 is 0. The van der Waals surface area contributed by atoms with Gasteiger partial charge in [0.25, 0.3) is 5.91 Å². The number of nitrogens with one attached hydrogen (secondary N) is 1. The molecule has 1 amide bonds. The number of carbonyl (C=O) groups is 2. The minimum absolute atomic E-state index is 0.0550. The lowest BCUT2D eigenvalue weighted by Crippen LogP contribution is -2.25. The van der Waals surface area contributed by atoms with E-state index in [1.54, 1.807) is 19.1 Å². The van der Waals surface area contributed by atoms with Crippen molar-refractivity contribution >= 4 is 17.6 Å². The highest BCUT2D eigenvalue weighted by molar-refractivity contribution is 5.96. The number of aromatic carboxylic acids is 1. The normalized spacial score (nSPS) is 11.6. The van der Waals surface area contributed by atoms with E-state index in [2.05, 4.69) is 19.2 Å². The minimum atomic E-state index is -1.27. The zero-order chi connectivity index (χ0) is 18.4. The molecule has 0 radical (unpaired) electrons. The SMILES string of the molecule is CC[C@H](C)c1ccc(OCC(=O)Nc2cccc(C(=O)[O-])c2C)cc1. The number of hydrogen-bond donors (Lipinski definition) is 1. The van der Waals surface area contributed by atoms with Crippen molar-refractivity contribution in [2.45, 2.75) is 33.1 Å². The fourth-order valence-electron chi connectivity index (χ4n) is 2.46. The number of carbonyl (C=O) groups excluding carboxylic acids is 2. The van der Waals surface area contributed by atoms with E-state index in [1.165, 1.54) is 11.6 Å². The molecule has 2 aromatic carbocycles. The summed E-state index contributed by atoms with van der Waals surface area (Å²) in [5.74, 6) is -0.533. The summed E-state index contributed by atoms with van der Waals surface area (Å²) < 4.78 is 5.49. The fraction of sp³-hybridized carbons (Fsp3) is 0.300. The third-order valence-electron chi connectivity index (χ3n) is 4.26. The molecule has 0 saturated heterocycles. The highest BCUT2D eigenvalue weighted by Crippen LogP contribution is 2.22. The second kappa shape index (κ2) is 8.33. The molecule has 5 heteroatoms. The summed E-state index contributed by atoms with van der Waals surface area (Å²) in [4.78, 5) is 23.1. The molecule has 1 N–H and O–H groups in total. The molecule has 2 aromatic rings. The highest BCUT2D eigenvalue weighted by atomic mass is 16.5. The number of ether oxygens (including phenoxy) is 1. The summed E-state index contributed by atoms with van der Waals surface area (Å²) in [6.45, 7) is 5.76. The summed E-state index contributed by atoms with van der Waals surface area (Å²) in [5.41, 5.74) is 2.17. The Bertz CT molecular complexity index is 753. The van der Waals surface area contributed by atoms with Crippen LogP contribution in [0.3, 0.4) is 0 Å². The number of carboxylic acid groups (broad SMARTS) is 1. The molecule has 0 bridgehead atoms. The molecule has 132 valence electrons. The molecule has 0 heterocycles. The van der Waals surface area contributed by atoms with Crippen LogP contribution in [0.2, 0.25) is 0 Å². The highest BCUT2D eigenvalue weighted by Gasteiger charge is 2.09. The van der Waals surface area contributed by atoms with Crippen molar-refractivity contribution in [2.75, 3.05) is 11.9 Å². The van der Waals surface area contributed by atoms with Crippen molar-refractivity contribution in [1.29, 1.82) is 0 Å². The van der Waals surface area contributed by atoms with Gasteiger partial charge in [-0.25, -0.2) is 0 Å². The van der Waals surface area contributed by atoms with Gasteiger partial charge in [0, 0.05) is 11.3 Å². The van der Waals surface area contributed by atoms with Crippen LogP contribution in [0.4, 0.5) is 5.69 Å². The van der Waals surface area contributed by atoms with Gasteiger partial charge in [-0.1, -0.05) is 38.1 Å². The Balaban J connectivity index is 1.95. The first kappa shape index (κ1) is 18.5. The molecule has 1 atom stereocenters. The standard InChI is InChI=1S/C20H23NO4/c1-4-13(2)15-8-10-16(11-9-15)25-12-19(22)21-18-7-5-6-17(14(18)3)20(23)24/h5-11,13H,4,12H2,1-3H3,(H,21,22)(H,23,24)/p-1/t13-/m0/s1. The van der Waals surface area contributed by atoms with Crippen LogP contribution in [-0.2, 0) is 4.79 Å². The molecule has 0 fully saturated rings. The Labute approximate surface area is 147 Å². The molecule has 0 unspecified atom stereocenters. The van der Waals surface area contributed by atoms with E-state index >= 15 is 0 Å². The summed E-state index contributed by atoms with van der Waals surface area (Å²) in [6, 6.07) is 12.3. The lowest BCUT2D eigenvalue weighted by molar-refractivity contribution is -0.255. The maximum Gasteiger partial charge on any atom is 0.262 e. The van der Waals surface area contributed by atoms with E-state index in [4.69, 9.17) is 4.74 Å². The number of amides is 1. The maximum atomic E-state index is 12.0. The van der Waals surface area contributed by atoms with Crippen molar-refractivity contribution < 1.29 is 19.4 Å². The predicted octanol–water partition coefficient (Wildman–Crippen LogP) is 2.89. The first-order valence-corrected chi connectivity index (χ1v) is 8.26. The third kappa shape index (κ3) is 4.83. The molecule has 25 heavy (non-hydrogen) atoms. The molecule has 0 aromatic heterocycles. The van der Waals surface area contributed by atoms with Crippen molar-refractivity contribution in [3.63, 3.8) is 0 Å². The minimum Gasteiger partial charge on any atom is -0.545 e. The summed E-state index contributed by atoms with van der Waals surface area (Å²) in [6.07, 6.45) is 1.06. The van der Waals surface area contributed by atoms with Crippen molar-refractivity contribution in [1.82, 2.24) is 0 Å². The molecule has 0 aliphatic rings. The average Bonchev–Trinajstić information content (AvgIpc) is 2.61. The van der Waals surface area contributed by atoms with E-state index < -0.39 is 5.97 Å². The topological polar surface area (TPSA) is 78.5 Å². The molecule has 5 nitrogen and oxygen atoms in total. The van der Waals surface area contributed by atoms with E-state index in [0.717, 1.165) is 6.42 Å². The van der Waals surface area contributed by atoms with Crippen LogP contribution in [0.25, 0.3) is 0 Å². The Morgan fingerprint density at radius 2 is 1.84 bits per heavy atom. The van der Waals surface area contributed by atoms with Crippen molar-refractivity contribution in [3.8, 4) is 5.75 Å². The zero-order valence-corrected chi connectivity index (χ0v) is 14.7. The van der Waals surface area contributed by atoms with Crippen LogP contribution in [0, 0.1) is 6.92 Å². The monoisotopic (exact) mass is 340 g/mol. The summed E-state index contributed by atoms with van der Waals surface area (Å²) in [5, 5.41) is 13.7. The van der Waals surface area contributed by atoms with Crippen molar-refractivity contribution in [2.24, 2.45) is 0 Å². The van der Waals surface area contributed by atoms with Gasteiger partial charge >= 0.3 is 0 Å². The van der Waals surface area contributed by atoms with Gasteiger partial charge < -0.3 is 20.0 Å². The molecular formula is C20H22NO4-. The van der Waals surface area contributed by atoms with Gasteiger partial charge in [-0.3, -0.25) is 4.79 Å². The Hall–Kier alpha value is -2.82. The molecule has 0 aliphatic carbocycles. The smallest absolute Gasteiger partial charge is 0.262 e. The van der Waals surface area contributed by atoms with Gasteiger partial charge in [0.1, 0.15) is 5.75 Å². The van der Waals surface area contributed by atoms with Crippen LogP contribution in [-0.4, -0.2) is 18.5 Å². The second-order valence-corrected chi connectivity index (χ2v) is 5.98. The Kier molecular flexibility index (Phi) is 6.17. The van der Waals surface area contributed by atoms with Crippen LogP contribution in [0.1, 0.15) is 47.7 Å². The first-order chi connectivity index (χ1) is 11.9. The van der Waals surface area contributed by atoms with Gasteiger partial charge in [0.2, 0.25) is 0 Å². The molecule has 0 saturated carbocycles. The van der Waals surface area contributed by atoms with E-state index in [9.17, 15) is 14.7 Å². The van der Waals surface area contributed by atoms with E-state index in [-0.39, 0.29) is 18.1 Å². The van der Waals surface area contributed by atoms with Gasteiger partial charge in [-0.2, -0.15) is 0 Å². The van der Waals surface area contributed by atoms with Crippen LogP contribution in [0.5, 0.6) is 5.75 Å². The predicted molar refractivity (Wildman–Crippen MR) is 94.8 cm³/mol. The first-order valence-electron chi connectivity index (χ1n) is 8.26. The van der Waals surface area contributed by atoms with Gasteiger partial charge in [-0.15, -0.1) is 0 Å². The van der Waals surface area contributed by atoms with Crippen molar-refractivity contribution in [3.05, 3.63) is 59.2 Å². The molecule has 0 aliphatic heterocycles. The lowest BCUT2D eigenvalue weighted by Gasteiger charge is -2.14. The Morgan fingerprint density at radius 3 is 2.44 bits per heavy atom. The zero-order valence-electron chi connectivity index (χ0n) is 14.7. The Morgan fingerprint density at radius 1 is 1.16 bits per heavy atom. The van der Waals surface area contributed by atoms with Crippen LogP contribution in [0.15, 0.2) is 42.5 Å². The molecular weight excluding hydrogens is 318 g/mol. The number of anilines is 1.